The molecule has 1 aromatic heterocycles. The van der Waals surface area contributed by atoms with E-state index in [4.69, 9.17) is 9.05 Å². The molecule has 0 atom stereocenters. The van der Waals surface area contributed by atoms with Crippen LogP contribution < -0.4 is 0 Å². The number of benzene rings is 1. The van der Waals surface area contributed by atoms with Crippen LogP contribution in [0.1, 0.15) is 30.5 Å². The second-order valence-electron chi connectivity index (χ2n) is 4.97. The minimum Gasteiger partial charge on any atom is -0.309 e. The first-order valence-electron chi connectivity index (χ1n) is 7.70. The monoisotopic (exact) mass is 331 g/mol. The van der Waals surface area contributed by atoms with Crippen molar-refractivity contribution in [1.82, 2.24) is 4.98 Å². The molecule has 0 aliphatic carbocycles. The maximum absolute atomic E-state index is 12.5. The summed E-state index contributed by atoms with van der Waals surface area (Å²) in [6, 6.07) is 11.8. The molecule has 2 rings (SSSR count). The molecule has 0 amide bonds. The topological polar surface area (TPSA) is 48.4 Å². The Kier molecular flexibility index (Phi) is 6.72. The quantitative estimate of drug-likeness (QED) is 0.637. The average Bonchev–Trinajstić information content (AvgIpc) is 2.55. The number of nitrogens with zero attached hydrogens (tertiary/aromatic N) is 1. The van der Waals surface area contributed by atoms with Crippen molar-refractivity contribution in [2.75, 3.05) is 13.2 Å². The van der Waals surface area contributed by atoms with Crippen LogP contribution in [0.3, 0.4) is 0 Å². The Hall–Kier alpha value is -1.74. The van der Waals surface area contributed by atoms with Crippen LogP contribution in [0.4, 0.5) is 0 Å². The molecule has 0 radical (unpaired) electrons. The Balaban J connectivity index is 2.04. The average molecular weight is 331 g/mol. The minimum absolute atomic E-state index is 0.293. The molecule has 2 aromatic rings. The van der Waals surface area contributed by atoms with Crippen molar-refractivity contribution in [1.29, 1.82) is 0 Å². The van der Waals surface area contributed by atoms with Gasteiger partial charge in [-0.3, -0.25) is 9.55 Å². The predicted molar refractivity (Wildman–Crippen MR) is 94.2 cm³/mol. The highest BCUT2D eigenvalue weighted by Crippen LogP contribution is 2.51. The third-order valence-corrected chi connectivity index (χ3v) is 5.22. The summed E-state index contributed by atoms with van der Waals surface area (Å²) < 4.78 is 23.2. The van der Waals surface area contributed by atoms with Gasteiger partial charge in [0, 0.05) is 12.4 Å². The molecule has 122 valence electrons. The Morgan fingerprint density at radius 2 is 1.65 bits per heavy atom. The third kappa shape index (κ3) is 5.76. The van der Waals surface area contributed by atoms with Gasteiger partial charge < -0.3 is 9.05 Å². The molecule has 4 nitrogen and oxygen atoms in total. The number of rotatable bonds is 8. The van der Waals surface area contributed by atoms with E-state index < -0.39 is 7.60 Å². The van der Waals surface area contributed by atoms with E-state index in [0.29, 0.717) is 19.4 Å². The lowest BCUT2D eigenvalue weighted by atomic mass is 10.1. The number of hydrogen-bond acceptors (Lipinski definition) is 4. The van der Waals surface area contributed by atoms with E-state index in [1.165, 1.54) is 0 Å². The molecule has 0 unspecified atom stereocenters. The van der Waals surface area contributed by atoms with Crippen LogP contribution in [0.15, 0.2) is 48.8 Å². The van der Waals surface area contributed by atoms with Gasteiger partial charge in [-0.2, -0.15) is 0 Å². The van der Waals surface area contributed by atoms with E-state index >= 15 is 0 Å². The van der Waals surface area contributed by atoms with Crippen molar-refractivity contribution in [2.24, 2.45) is 0 Å². The van der Waals surface area contributed by atoms with Gasteiger partial charge >= 0.3 is 7.60 Å². The second kappa shape index (κ2) is 8.78. The highest BCUT2D eigenvalue weighted by atomic mass is 31.2. The first-order valence-corrected chi connectivity index (χ1v) is 9.43. The van der Waals surface area contributed by atoms with Crippen molar-refractivity contribution in [3.05, 3.63) is 65.5 Å². The molecule has 1 aromatic carbocycles. The summed E-state index contributed by atoms with van der Waals surface area (Å²) in [4.78, 5) is 4.08. The highest BCUT2D eigenvalue weighted by molar-refractivity contribution is 7.53. The van der Waals surface area contributed by atoms with Gasteiger partial charge in [0.25, 0.3) is 0 Å². The van der Waals surface area contributed by atoms with Gasteiger partial charge in [0.1, 0.15) is 0 Å². The number of aromatic nitrogens is 1. The highest BCUT2D eigenvalue weighted by Gasteiger charge is 2.23. The second-order valence-corrected chi connectivity index (χ2v) is 7.02. The first kappa shape index (κ1) is 17.6. The van der Waals surface area contributed by atoms with Crippen LogP contribution in [0.2, 0.25) is 0 Å². The summed E-state index contributed by atoms with van der Waals surface area (Å²) in [5.74, 6) is 0. The lowest BCUT2D eigenvalue weighted by Gasteiger charge is -2.16. The maximum atomic E-state index is 12.5. The van der Waals surface area contributed by atoms with E-state index in [-0.39, 0.29) is 0 Å². The maximum Gasteiger partial charge on any atom is 0.335 e. The molecule has 0 saturated heterocycles. The normalized spacial score (nSPS) is 11.9. The van der Waals surface area contributed by atoms with Gasteiger partial charge in [0.05, 0.1) is 19.4 Å². The minimum atomic E-state index is -3.05. The summed E-state index contributed by atoms with van der Waals surface area (Å²) in [5.41, 5.74) is 3.06. The molecule has 0 N–H and O–H groups in total. The fourth-order valence-corrected chi connectivity index (χ4v) is 3.85. The van der Waals surface area contributed by atoms with Gasteiger partial charge in [-0.05, 0) is 36.6 Å². The molecule has 0 aliphatic rings. The standard InChI is InChI=1S/C18H22NO3P/c1-3-21-23(20,22-4-2)15-18-11-8-16(9-12-18)7-10-17-6-5-13-19-14-17/h5-14H,3-4,15H2,1-2H3/b10-7+. The van der Waals surface area contributed by atoms with E-state index in [1.54, 1.807) is 6.20 Å². The molecule has 1 heterocycles. The number of pyridine rings is 1. The smallest absolute Gasteiger partial charge is 0.309 e. The molecule has 5 heteroatoms. The SMILES string of the molecule is CCOP(=O)(Cc1ccc(/C=C/c2cccnc2)cc1)OCC. The third-order valence-electron chi connectivity index (χ3n) is 3.16. The van der Waals surface area contributed by atoms with Gasteiger partial charge in [0.2, 0.25) is 0 Å². The number of hydrogen-bond donors (Lipinski definition) is 0. The van der Waals surface area contributed by atoms with Gasteiger partial charge in [-0.1, -0.05) is 42.5 Å². The lowest BCUT2D eigenvalue weighted by Crippen LogP contribution is -1.99. The fraction of sp³-hybridized carbons (Fsp3) is 0.278. The molecule has 0 bridgehead atoms. The van der Waals surface area contributed by atoms with E-state index in [0.717, 1.165) is 16.7 Å². The summed E-state index contributed by atoms with van der Waals surface area (Å²) >= 11 is 0. The van der Waals surface area contributed by atoms with Crippen molar-refractivity contribution < 1.29 is 13.6 Å². The zero-order chi connectivity index (χ0) is 16.5. The van der Waals surface area contributed by atoms with Crippen LogP contribution in [0.5, 0.6) is 0 Å². The molecule has 0 fully saturated rings. The summed E-state index contributed by atoms with van der Waals surface area (Å²) in [6.07, 6.45) is 7.88. The van der Waals surface area contributed by atoms with Gasteiger partial charge in [-0.15, -0.1) is 0 Å². The first-order chi connectivity index (χ1) is 11.1. The Labute approximate surface area is 137 Å². The van der Waals surface area contributed by atoms with Crippen molar-refractivity contribution in [2.45, 2.75) is 20.0 Å². The van der Waals surface area contributed by atoms with Crippen LogP contribution in [0.25, 0.3) is 12.2 Å². The largest absolute Gasteiger partial charge is 0.335 e. The van der Waals surface area contributed by atoms with Crippen molar-refractivity contribution >= 4 is 19.7 Å². The zero-order valence-electron chi connectivity index (χ0n) is 13.5. The Bertz CT molecular complexity index is 658. The van der Waals surface area contributed by atoms with E-state index in [9.17, 15) is 4.57 Å². The van der Waals surface area contributed by atoms with Gasteiger partial charge in [-0.25, -0.2) is 0 Å². The van der Waals surface area contributed by atoms with Crippen LogP contribution in [0, 0.1) is 0 Å². The van der Waals surface area contributed by atoms with Crippen molar-refractivity contribution in [3.63, 3.8) is 0 Å². The van der Waals surface area contributed by atoms with Crippen LogP contribution in [-0.2, 0) is 19.8 Å². The van der Waals surface area contributed by atoms with E-state index in [2.05, 4.69) is 4.98 Å². The van der Waals surface area contributed by atoms with Crippen LogP contribution in [-0.4, -0.2) is 18.2 Å². The molecule has 0 aliphatic heterocycles. The van der Waals surface area contributed by atoms with Crippen LogP contribution >= 0.6 is 7.60 Å². The molecular formula is C18H22NO3P. The fourth-order valence-electron chi connectivity index (χ4n) is 2.15. The summed E-state index contributed by atoms with van der Waals surface area (Å²) in [6.45, 7) is 4.39. The zero-order valence-corrected chi connectivity index (χ0v) is 14.4. The van der Waals surface area contributed by atoms with E-state index in [1.807, 2.05) is 68.6 Å². The Morgan fingerprint density at radius 1 is 1.00 bits per heavy atom. The van der Waals surface area contributed by atoms with Crippen molar-refractivity contribution in [3.8, 4) is 0 Å². The summed E-state index contributed by atoms with van der Waals surface area (Å²) in [7, 11) is -3.05. The molecule has 0 spiro atoms. The molecule has 0 saturated carbocycles. The lowest BCUT2D eigenvalue weighted by molar-refractivity contribution is 0.219. The molecule has 23 heavy (non-hydrogen) atoms. The van der Waals surface area contributed by atoms with Gasteiger partial charge in [0.15, 0.2) is 0 Å². The Morgan fingerprint density at radius 3 is 2.22 bits per heavy atom. The summed E-state index contributed by atoms with van der Waals surface area (Å²) in [5, 5.41) is 0. The molecular weight excluding hydrogens is 309 g/mol. The predicted octanol–water partition coefficient (Wildman–Crippen LogP) is 5.02.